The highest BCUT2D eigenvalue weighted by Crippen LogP contribution is 2.03. The van der Waals surface area contributed by atoms with E-state index in [-0.39, 0.29) is 0 Å². The van der Waals surface area contributed by atoms with Gasteiger partial charge in [-0.1, -0.05) is 6.58 Å². The molecule has 0 heterocycles. The van der Waals surface area contributed by atoms with Crippen molar-refractivity contribution in [2.45, 2.75) is 0 Å². The van der Waals surface area contributed by atoms with Crippen LogP contribution in [-0.4, -0.2) is 5.97 Å². The van der Waals surface area contributed by atoms with E-state index in [9.17, 15) is 0 Å². The summed E-state index contributed by atoms with van der Waals surface area (Å²) in [7, 11) is -5.39. The van der Waals surface area contributed by atoms with Gasteiger partial charge in [-0.2, -0.15) is 7.82 Å². The lowest BCUT2D eigenvalue weighted by Gasteiger charge is -2.36. The van der Waals surface area contributed by atoms with Crippen molar-refractivity contribution in [3.8, 4) is 0 Å². The van der Waals surface area contributed by atoms with E-state index in [0.29, 0.717) is 0 Å². The molecule has 0 spiro atoms. The number of carbonyl (C=O) groups excluding carboxylic acids is 1. The van der Waals surface area contributed by atoms with E-state index < -0.39 is 13.8 Å². The van der Waals surface area contributed by atoms with Gasteiger partial charge in [0.05, 0.1) is 5.97 Å². The van der Waals surface area contributed by atoms with Gasteiger partial charge in [-0.3, -0.25) is 0 Å². The molecule has 0 saturated carbocycles. The summed E-state index contributed by atoms with van der Waals surface area (Å²) in [6, 6.07) is 0. The van der Waals surface area contributed by atoms with Crippen molar-refractivity contribution in [1.29, 1.82) is 0 Å². The second-order valence-corrected chi connectivity index (χ2v) is 1.86. The Morgan fingerprint density at radius 1 is 1.40 bits per heavy atom. The number of phosphoric acid groups is 1. The molecule has 0 amide bonds. The maximum atomic E-state index is 9.14. The first-order valence-corrected chi connectivity index (χ1v) is 3.30. The van der Waals surface area contributed by atoms with Crippen LogP contribution in [0.5, 0.6) is 0 Å². The largest absolute Gasteiger partial charge is 0.822 e. The van der Waals surface area contributed by atoms with Gasteiger partial charge < -0.3 is 29.1 Å². The van der Waals surface area contributed by atoms with Crippen LogP contribution in [0.3, 0.4) is 0 Å². The minimum atomic E-state index is -5.39. The SMILES string of the molecule is C=CC(=O)[O-].O=P([O-])([O-])[O-]. The first-order valence-electron chi connectivity index (χ1n) is 1.84. The molecule has 0 bridgehead atoms. The normalized spacial score (nSPS) is 9.10. The summed E-state index contributed by atoms with van der Waals surface area (Å²) in [6.45, 7) is 2.90. The van der Waals surface area contributed by atoms with Gasteiger partial charge in [0.2, 0.25) is 0 Å². The number of aliphatic carboxylic acids is 1. The summed E-state index contributed by atoms with van der Waals surface area (Å²) in [6.07, 6.45) is 0.722. The zero-order chi connectivity index (χ0) is 8.78. The molecule has 0 unspecified atom stereocenters. The summed E-state index contributed by atoms with van der Waals surface area (Å²) < 4.78 is 8.55. The Kier molecular flexibility index (Phi) is 6.18. The summed E-state index contributed by atoms with van der Waals surface area (Å²) in [5.74, 6) is -1.23. The van der Waals surface area contributed by atoms with E-state index in [1.54, 1.807) is 0 Å². The third kappa shape index (κ3) is 168. The predicted molar refractivity (Wildman–Crippen MR) is 22.8 cm³/mol. The molecule has 6 nitrogen and oxygen atoms in total. The Morgan fingerprint density at radius 2 is 1.50 bits per heavy atom. The lowest BCUT2D eigenvalue weighted by Crippen LogP contribution is -2.24. The molecule has 0 aliphatic heterocycles. The maximum absolute atomic E-state index is 9.14. The van der Waals surface area contributed by atoms with Crippen LogP contribution in [0, 0.1) is 0 Å². The summed E-state index contributed by atoms with van der Waals surface area (Å²) in [5, 5.41) is 9.14. The molecular formula is C3H3O6P-4. The minimum Gasteiger partial charge on any atom is -0.822 e. The highest BCUT2D eigenvalue weighted by molar-refractivity contribution is 7.40. The Bertz CT molecular complexity index is 148. The average molecular weight is 166 g/mol. The van der Waals surface area contributed by atoms with Gasteiger partial charge in [0, 0.05) is 0 Å². The molecule has 10 heavy (non-hydrogen) atoms. The predicted octanol–water partition coefficient (Wildman–Crippen LogP) is -3.90. The second kappa shape index (κ2) is 5.13. The van der Waals surface area contributed by atoms with E-state index >= 15 is 0 Å². The van der Waals surface area contributed by atoms with Crippen LogP contribution in [0.25, 0.3) is 0 Å². The van der Waals surface area contributed by atoms with Crippen LogP contribution in [0.2, 0.25) is 0 Å². The smallest absolute Gasteiger partial charge is 0.0636 e. The Balaban J connectivity index is 0. The average Bonchev–Trinajstić information content (AvgIpc) is 1.61. The number of hydrogen-bond donors (Lipinski definition) is 0. The van der Waals surface area contributed by atoms with E-state index in [4.69, 9.17) is 29.1 Å². The highest BCUT2D eigenvalue weighted by atomic mass is 31.2. The molecule has 0 fully saturated rings. The molecule has 0 aromatic heterocycles. The van der Waals surface area contributed by atoms with Gasteiger partial charge in [0.25, 0.3) is 0 Å². The topological polar surface area (TPSA) is 126 Å². The lowest BCUT2D eigenvalue weighted by atomic mass is 10.7. The fourth-order valence-electron chi connectivity index (χ4n) is 0. The third-order valence-corrected chi connectivity index (χ3v) is 0.167. The Hall–Kier alpha value is -0.680. The quantitative estimate of drug-likeness (QED) is 0.289. The molecule has 0 aliphatic carbocycles. The zero-order valence-corrected chi connectivity index (χ0v) is 5.58. The lowest BCUT2D eigenvalue weighted by molar-refractivity contribution is -0.432. The van der Waals surface area contributed by atoms with Gasteiger partial charge in [-0.05, 0) is 6.08 Å². The first-order chi connectivity index (χ1) is 4.27. The molecule has 0 rings (SSSR count). The van der Waals surface area contributed by atoms with Crippen molar-refractivity contribution in [2.75, 3.05) is 0 Å². The van der Waals surface area contributed by atoms with Gasteiger partial charge in [0.15, 0.2) is 0 Å². The molecular weight excluding hydrogens is 163 g/mol. The van der Waals surface area contributed by atoms with Gasteiger partial charge in [0.1, 0.15) is 0 Å². The number of hydrogen-bond acceptors (Lipinski definition) is 6. The fraction of sp³-hybridized carbons (Fsp3) is 0. The van der Waals surface area contributed by atoms with Crippen LogP contribution in [-0.2, 0) is 9.36 Å². The number of rotatable bonds is 1. The van der Waals surface area contributed by atoms with Gasteiger partial charge in [-0.25, -0.2) is 0 Å². The van der Waals surface area contributed by atoms with Crippen LogP contribution >= 0.6 is 7.82 Å². The molecule has 0 aromatic carbocycles. The molecule has 0 atom stereocenters. The van der Waals surface area contributed by atoms with Gasteiger partial charge in [-0.15, -0.1) is 0 Å². The molecule has 0 saturated heterocycles. The molecule has 0 radical (unpaired) electrons. The van der Waals surface area contributed by atoms with Gasteiger partial charge >= 0.3 is 0 Å². The van der Waals surface area contributed by atoms with Crippen molar-refractivity contribution in [3.05, 3.63) is 12.7 Å². The van der Waals surface area contributed by atoms with Crippen molar-refractivity contribution in [3.63, 3.8) is 0 Å². The number of carboxylic acids is 1. The number of carbonyl (C=O) groups is 1. The molecule has 60 valence electrons. The molecule has 7 heteroatoms. The van der Waals surface area contributed by atoms with Crippen LogP contribution in [0.4, 0.5) is 0 Å². The van der Waals surface area contributed by atoms with Crippen molar-refractivity contribution < 1.29 is 29.1 Å². The second-order valence-electron chi connectivity index (χ2n) is 0.970. The fourth-order valence-corrected chi connectivity index (χ4v) is 0. The molecule has 0 aromatic rings. The summed E-state index contributed by atoms with van der Waals surface area (Å²) in [4.78, 5) is 34.8. The van der Waals surface area contributed by atoms with E-state index in [1.807, 2.05) is 0 Å². The van der Waals surface area contributed by atoms with Crippen LogP contribution in [0.15, 0.2) is 12.7 Å². The minimum absolute atomic E-state index is 0.722. The highest BCUT2D eigenvalue weighted by Gasteiger charge is 1.55. The van der Waals surface area contributed by atoms with Crippen molar-refractivity contribution in [1.82, 2.24) is 0 Å². The summed E-state index contributed by atoms with van der Waals surface area (Å²) >= 11 is 0. The standard InChI is InChI=1S/C3H4O2.H3O4P/c1-2-3(4)5;1-5(2,3)4/h2H,1H2,(H,4,5);(H3,1,2,3,4)/p-4. The maximum Gasteiger partial charge on any atom is 0.0636 e. The molecule has 0 aliphatic rings. The third-order valence-electron chi connectivity index (χ3n) is 0.167. The first kappa shape index (κ1) is 12.0. The van der Waals surface area contributed by atoms with Crippen molar-refractivity contribution >= 4 is 13.8 Å². The van der Waals surface area contributed by atoms with E-state index in [1.165, 1.54) is 0 Å². The van der Waals surface area contributed by atoms with E-state index in [0.717, 1.165) is 6.08 Å². The zero-order valence-electron chi connectivity index (χ0n) is 4.68. The Labute approximate surface area is 56.7 Å². The van der Waals surface area contributed by atoms with Crippen molar-refractivity contribution in [2.24, 2.45) is 0 Å². The monoisotopic (exact) mass is 166 g/mol. The summed E-state index contributed by atoms with van der Waals surface area (Å²) in [5.41, 5.74) is 0. The Morgan fingerprint density at radius 3 is 1.50 bits per heavy atom. The molecule has 0 N–H and O–H groups in total. The van der Waals surface area contributed by atoms with Crippen LogP contribution in [0.1, 0.15) is 0 Å². The van der Waals surface area contributed by atoms with Crippen LogP contribution < -0.4 is 19.8 Å². The van der Waals surface area contributed by atoms with E-state index in [2.05, 4.69) is 6.58 Å². The number of carboxylic acid groups (broad SMARTS) is 1.